The van der Waals surface area contributed by atoms with Gasteiger partial charge >= 0.3 is 0 Å². The van der Waals surface area contributed by atoms with E-state index in [1.807, 2.05) is 4.90 Å². The van der Waals surface area contributed by atoms with Gasteiger partial charge in [-0.2, -0.15) is 5.26 Å². The van der Waals surface area contributed by atoms with Crippen molar-refractivity contribution in [2.75, 3.05) is 39.4 Å². The highest BCUT2D eigenvalue weighted by Gasteiger charge is 2.41. The number of carbonyl (C=O) groups is 2. The Bertz CT molecular complexity index is 885. The van der Waals surface area contributed by atoms with E-state index in [0.29, 0.717) is 45.2 Å². The van der Waals surface area contributed by atoms with Crippen LogP contribution in [0.4, 0.5) is 0 Å². The second-order valence-corrected chi connectivity index (χ2v) is 11.7. The topological polar surface area (TPSA) is 85.7 Å². The Kier molecular flexibility index (Phi) is 8.62. The number of nitrogens with one attached hydrogen (secondary N) is 1. The van der Waals surface area contributed by atoms with Gasteiger partial charge < -0.3 is 15.0 Å². The van der Waals surface area contributed by atoms with Crippen LogP contribution in [0.2, 0.25) is 0 Å². The molecular formula is C26H38N4O3S. The first kappa shape index (κ1) is 25.2. The second kappa shape index (κ2) is 11.7. The number of amides is 2. The molecule has 0 aromatic carbocycles. The lowest BCUT2D eigenvalue weighted by atomic mass is 9.81. The van der Waals surface area contributed by atoms with Crippen molar-refractivity contribution >= 4 is 23.2 Å². The van der Waals surface area contributed by atoms with E-state index in [4.69, 9.17) is 4.74 Å². The van der Waals surface area contributed by atoms with Gasteiger partial charge in [-0.15, -0.1) is 11.3 Å². The fourth-order valence-corrected chi connectivity index (χ4v) is 6.57. The number of likely N-dealkylation sites (tertiary alicyclic amines) is 1. The molecule has 3 aliphatic rings. The van der Waals surface area contributed by atoms with E-state index in [9.17, 15) is 14.9 Å². The van der Waals surface area contributed by atoms with Crippen LogP contribution in [0.15, 0.2) is 12.1 Å². The zero-order chi connectivity index (χ0) is 24.0. The molecule has 8 heteroatoms. The fraction of sp³-hybridized carbons (Fsp3) is 0.731. The summed E-state index contributed by atoms with van der Waals surface area (Å²) in [5, 5.41) is 13.2. The smallest absolute Gasteiger partial charge is 0.224 e. The molecule has 34 heavy (non-hydrogen) atoms. The van der Waals surface area contributed by atoms with Crippen LogP contribution < -0.4 is 5.32 Å². The van der Waals surface area contributed by atoms with Crippen LogP contribution in [0.3, 0.4) is 0 Å². The van der Waals surface area contributed by atoms with Crippen LogP contribution in [-0.2, 0) is 20.9 Å². The van der Waals surface area contributed by atoms with Crippen molar-refractivity contribution in [2.45, 2.75) is 70.4 Å². The molecule has 1 saturated carbocycles. The Hall–Kier alpha value is -1.95. The van der Waals surface area contributed by atoms with Crippen molar-refractivity contribution in [2.24, 2.45) is 11.8 Å². The first-order valence-corrected chi connectivity index (χ1v) is 13.6. The number of nitriles is 1. The first-order chi connectivity index (χ1) is 16.5. The van der Waals surface area contributed by atoms with Crippen molar-refractivity contribution in [1.29, 1.82) is 5.26 Å². The summed E-state index contributed by atoms with van der Waals surface area (Å²) in [6.07, 6.45) is 7.51. The Labute approximate surface area is 207 Å². The van der Waals surface area contributed by atoms with Crippen LogP contribution in [0, 0.1) is 30.1 Å². The van der Waals surface area contributed by atoms with Gasteiger partial charge in [-0.05, 0) is 37.8 Å². The number of carbonyl (C=O) groups excluding carboxylic acids is 2. The third-order valence-electron chi connectivity index (χ3n) is 7.60. The summed E-state index contributed by atoms with van der Waals surface area (Å²) in [6.45, 7) is 6.52. The number of thiophene rings is 1. The predicted molar refractivity (Wildman–Crippen MR) is 132 cm³/mol. The summed E-state index contributed by atoms with van der Waals surface area (Å²) in [5.41, 5.74) is -0.879. The number of hydrogen-bond donors (Lipinski definition) is 1. The molecule has 2 amide bonds. The third-order valence-corrected chi connectivity index (χ3v) is 8.58. The van der Waals surface area contributed by atoms with Crippen LogP contribution in [0.25, 0.3) is 0 Å². The minimum absolute atomic E-state index is 0.0337. The Morgan fingerprint density at radius 1 is 1.24 bits per heavy atom. The van der Waals surface area contributed by atoms with E-state index in [-0.39, 0.29) is 24.2 Å². The van der Waals surface area contributed by atoms with Gasteiger partial charge in [0.25, 0.3) is 0 Å². The molecule has 3 heterocycles. The van der Waals surface area contributed by atoms with Crippen molar-refractivity contribution in [3.8, 4) is 6.07 Å². The summed E-state index contributed by atoms with van der Waals surface area (Å²) in [5.74, 6) is 0.0220. The van der Waals surface area contributed by atoms with E-state index < -0.39 is 5.54 Å². The van der Waals surface area contributed by atoms with E-state index >= 15 is 0 Å². The van der Waals surface area contributed by atoms with Gasteiger partial charge in [0.1, 0.15) is 5.54 Å². The van der Waals surface area contributed by atoms with Crippen molar-refractivity contribution in [3.05, 3.63) is 21.9 Å². The highest BCUT2D eigenvalue weighted by Crippen LogP contribution is 2.32. The van der Waals surface area contributed by atoms with E-state index in [0.717, 1.165) is 32.4 Å². The second-order valence-electron chi connectivity index (χ2n) is 10.3. The minimum atomic E-state index is -0.879. The largest absolute Gasteiger partial charge is 0.378 e. The summed E-state index contributed by atoms with van der Waals surface area (Å²) in [7, 11) is 0. The zero-order valence-electron chi connectivity index (χ0n) is 20.4. The molecule has 4 rings (SSSR count). The SMILES string of the molecule is Cc1ccc(CN2CCC(C#N)(NC(=O)C(CC(=O)N3CCOCC3)CC3CCCCC3)C2)s1. The molecule has 0 radical (unpaired) electrons. The number of ether oxygens (including phenoxy) is 1. The van der Waals surface area contributed by atoms with Crippen molar-refractivity contribution < 1.29 is 14.3 Å². The van der Waals surface area contributed by atoms with Gasteiger partial charge in [-0.3, -0.25) is 14.5 Å². The zero-order valence-corrected chi connectivity index (χ0v) is 21.2. The van der Waals surface area contributed by atoms with Crippen molar-refractivity contribution in [3.63, 3.8) is 0 Å². The van der Waals surface area contributed by atoms with Crippen LogP contribution in [0.1, 0.15) is 61.1 Å². The maximum atomic E-state index is 13.5. The summed E-state index contributed by atoms with van der Waals surface area (Å²) >= 11 is 1.78. The summed E-state index contributed by atoms with van der Waals surface area (Å²) in [4.78, 5) is 33.2. The van der Waals surface area contributed by atoms with Gasteiger partial charge in [0.15, 0.2) is 0 Å². The molecule has 1 N–H and O–H groups in total. The summed E-state index contributed by atoms with van der Waals surface area (Å²) in [6, 6.07) is 6.69. The van der Waals surface area contributed by atoms with Gasteiger partial charge in [-0.25, -0.2) is 0 Å². The van der Waals surface area contributed by atoms with E-state index in [1.54, 1.807) is 11.3 Å². The maximum Gasteiger partial charge on any atom is 0.224 e. The molecule has 1 aromatic heterocycles. The van der Waals surface area contributed by atoms with E-state index in [2.05, 4.69) is 35.3 Å². The average molecular weight is 487 g/mol. The lowest BCUT2D eigenvalue weighted by Gasteiger charge is -2.32. The van der Waals surface area contributed by atoms with Gasteiger partial charge in [0.2, 0.25) is 11.8 Å². The number of nitrogens with zero attached hydrogens (tertiary/aromatic N) is 3. The molecular weight excluding hydrogens is 448 g/mol. The summed E-state index contributed by atoms with van der Waals surface area (Å²) < 4.78 is 5.38. The van der Waals surface area contributed by atoms with Crippen LogP contribution in [-0.4, -0.2) is 66.5 Å². The van der Waals surface area contributed by atoms with E-state index in [1.165, 1.54) is 29.0 Å². The van der Waals surface area contributed by atoms with Crippen molar-refractivity contribution in [1.82, 2.24) is 15.1 Å². The molecule has 7 nitrogen and oxygen atoms in total. The normalized spacial score (nSPS) is 25.1. The Morgan fingerprint density at radius 3 is 2.68 bits per heavy atom. The Balaban J connectivity index is 1.40. The maximum absolute atomic E-state index is 13.5. The molecule has 2 aliphatic heterocycles. The highest BCUT2D eigenvalue weighted by atomic mass is 32.1. The number of rotatable bonds is 8. The number of morpholine rings is 1. The molecule has 2 unspecified atom stereocenters. The quantitative estimate of drug-likeness (QED) is 0.608. The molecule has 1 aliphatic carbocycles. The van der Waals surface area contributed by atoms with Crippen LogP contribution >= 0.6 is 11.3 Å². The Morgan fingerprint density at radius 2 is 2.00 bits per heavy atom. The lowest BCUT2D eigenvalue weighted by Crippen LogP contribution is -2.52. The molecule has 1 aromatic rings. The monoisotopic (exact) mass is 486 g/mol. The number of hydrogen-bond acceptors (Lipinski definition) is 6. The first-order valence-electron chi connectivity index (χ1n) is 12.8. The fourth-order valence-electron chi connectivity index (χ4n) is 5.63. The number of aryl methyl sites for hydroxylation is 1. The molecule has 0 spiro atoms. The van der Waals surface area contributed by atoms with Gasteiger partial charge in [0.05, 0.1) is 19.3 Å². The standard InChI is InChI=1S/C26H38N4O3S/c1-20-7-8-23(34-20)17-29-10-9-26(18-27,19-29)28-25(32)22(15-21-5-3-2-4-6-21)16-24(31)30-11-13-33-14-12-30/h7-8,21-22H,2-6,9-17,19H2,1H3,(H,28,32). The van der Waals surface area contributed by atoms with Gasteiger partial charge in [0, 0.05) is 54.8 Å². The predicted octanol–water partition coefficient (Wildman–Crippen LogP) is 3.48. The molecule has 2 atom stereocenters. The van der Waals surface area contributed by atoms with Crippen LogP contribution in [0.5, 0.6) is 0 Å². The average Bonchev–Trinajstić information content (AvgIpc) is 3.45. The minimum Gasteiger partial charge on any atom is -0.378 e. The van der Waals surface area contributed by atoms with Gasteiger partial charge in [-0.1, -0.05) is 32.1 Å². The molecule has 3 fully saturated rings. The molecule has 2 saturated heterocycles. The lowest BCUT2D eigenvalue weighted by molar-refractivity contribution is -0.140. The highest BCUT2D eigenvalue weighted by molar-refractivity contribution is 7.11. The molecule has 0 bridgehead atoms. The third kappa shape index (κ3) is 6.59. The molecule has 186 valence electrons.